The van der Waals surface area contributed by atoms with Crippen molar-refractivity contribution in [2.75, 3.05) is 47.9 Å². The van der Waals surface area contributed by atoms with Gasteiger partial charge in [0.05, 0.1) is 90.0 Å². The molecule has 95 heavy (non-hydrogen) atoms. The summed E-state index contributed by atoms with van der Waals surface area (Å²) in [7, 11) is 1.78. The van der Waals surface area contributed by atoms with Crippen LogP contribution in [0.2, 0.25) is 10.0 Å². The minimum Gasteiger partial charge on any atom is -0.437 e. The van der Waals surface area contributed by atoms with Gasteiger partial charge in [0.1, 0.15) is 15.8 Å². The van der Waals surface area contributed by atoms with E-state index in [-0.39, 0.29) is 56.6 Å². The molecule has 6 aromatic heterocycles. The number of nitrogens with one attached hydrogen (secondary N) is 9. The SMILES string of the molecule is C=CC(=O)Nc1cccc(Oc2nc(Nc3cnn(Cc4ccc(C#Cc5ccc(NC(=O)C=C)cc5Nc5nc(Nc6cnn(Cc7ccc(NC(=O)c8ccc(NC(=O)C=C)cc8Nc8nc(Nc9cnn(C)c9)ncc8Cl)cc7)c6)ncc5Cl)cc4)c3)cnc2C)c1. The molecule has 0 saturated carbocycles. The molecule has 472 valence electrons. The fourth-order valence-corrected chi connectivity index (χ4v) is 9.26. The Hall–Kier alpha value is -13.0. The lowest BCUT2D eigenvalue weighted by molar-refractivity contribution is -0.112. The molecule has 9 N–H and O–H groups in total. The van der Waals surface area contributed by atoms with Crippen molar-refractivity contribution in [1.82, 2.24) is 59.2 Å². The fraction of sp³-hybridized carbons (Fsp3) is 0.0597. The normalized spacial score (nSPS) is 10.6. The first-order valence-electron chi connectivity index (χ1n) is 28.7. The predicted octanol–water partition coefficient (Wildman–Crippen LogP) is 12.4. The quantitative estimate of drug-likeness (QED) is 0.0200. The molecule has 26 nitrogen and oxygen atoms in total. The second-order valence-corrected chi connectivity index (χ2v) is 21.5. The van der Waals surface area contributed by atoms with Crippen molar-refractivity contribution in [3.05, 3.63) is 246 Å². The number of benzene rings is 5. The van der Waals surface area contributed by atoms with Crippen LogP contribution < -0.4 is 52.6 Å². The van der Waals surface area contributed by atoms with E-state index in [0.29, 0.717) is 81.4 Å². The highest BCUT2D eigenvalue weighted by atomic mass is 35.5. The number of amides is 4. The van der Waals surface area contributed by atoms with Gasteiger partial charge < -0.3 is 52.6 Å². The highest BCUT2D eigenvalue weighted by Crippen LogP contribution is 2.33. The van der Waals surface area contributed by atoms with E-state index in [2.05, 4.69) is 125 Å². The second-order valence-electron chi connectivity index (χ2n) is 20.6. The van der Waals surface area contributed by atoms with Crippen LogP contribution in [0.4, 0.5) is 80.5 Å². The van der Waals surface area contributed by atoms with Crippen molar-refractivity contribution in [2.45, 2.75) is 20.0 Å². The zero-order valence-electron chi connectivity index (χ0n) is 50.5. The molecule has 28 heteroatoms. The van der Waals surface area contributed by atoms with Gasteiger partial charge in [-0.1, -0.05) is 85.1 Å². The van der Waals surface area contributed by atoms with Crippen molar-refractivity contribution in [3.63, 3.8) is 0 Å². The lowest BCUT2D eigenvalue weighted by Crippen LogP contribution is -2.15. The van der Waals surface area contributed by atoms with E-state index in [1.165, 1.54) is 24.5 Å². The number of carbonyl (C=O) groups is 4. The Balaban J connectivity index is 0.712. The summed E-state index contributed by atoms with van der Waals surface area (Å²) in [5.41, 5.74) is 8.55. The van der Waals surface area contributed by atoms with Crippen molar-refractivity contribution < 1.29 is 23.9 Å². The van der Waals surface area contributed by atoms with Gasteiger partial charge in [-0.15, -0.1) is 0 Å². The Labute approximate surface area is 552 Å². The topological polar surface area (TPSA) is 317 Å². The molecular weight excluding hydrogens is 1250 g/mol. The third-order valence-electron chi connectivity index (χ3n) is 13.5. The highest BCUT2D eigenvalue weighted by Gasteiger charge is 2.19. The molecule has 0 aliphatic carbocycles. The molecule has 4 amide bonds. The summed E-state index contributed by atoms with van der Waals surface area (Å²) in [5.74, 6) is 6.91. The Bertz CT molecular complexity index is 4810. The van der Waals surface area contributed by atoms with E-state index in [0.717, 1.165) is 22.8 Å². The van der Waals surface area contributed by atoms with Crippen molar-refractivity contribution in [3.8, 4) is 23.5 Å². The summed E-state index contributed by atoms with van der Waals surface area (Å²) in [6.45, 7) is 13.2. The maximum atomic E-state index is 13.9. The van der Waals surface area contributed by atoms with Gasteiger partial charge in [-0.05, 0) is 109 Å². The molecule has 6 heterocycles. The number of anilines is 14. The average molecular weight is 1310 g/mol. The minimum absolute atomic E-state index is 0.174. The molecule has 0 fully saturated rings. The van der Waals surface area contributed by atoms with Crippen molar-refractivity contribution >= 4 is 127 Å². The molecule has 0 atom stereocenters. The van der Waals surface area contributed by atoms with Crippen LogP contribution in [0.25, 0.3) is 0 Å². The van der Waals surface area contributed by atoms with E-state index in [1.54, 1.807) is 138 Å². The van der Waals surface area contributed by atoms with Gasteiger partial charge in [-0.3, -0.25) is 38.2 Å². The number of rotatable bonds is 24. The van der Waals surface area contributed by atoms with E-state index in [4.69, 9.17) is 27.9 Å². The first-order valence-corrected chi connectivity index (χ1v) is 29.5. The summed E-state index contributed by atoms with van der Waals surface area (Å²) in [4.78, 5) is 77.3. The van der Waals surface area contributed by atoms with Crippen LogP contribution >= 0.6 is 23.2 Å². The zero-order chi connectivity index (χ0) is 66.4. The Morgan fingerprint density at radius 3 is 1.66 bits per heavy atom. The summed E-state index contributed by atoms with van der Waals surface area (Å²) in [5, 5.41) is 40.7. The second kappa shape index (κ2) is 29.3. The average Bonchev–Trinajstić information content (AvgIpc) is 1.00. The third-order valence-corrected chi connectivity index (χ3v) is 14.1. The molecule has 0 aliphatic heterocycles. The standard InChI is InChI=1S/C67H55Cl2N21O5/c1-6-59(91)77-46-10-9-11-52(26-46)95-65-40(4)70-34-58(85-65)76-50-30-74-89(38-50)35-42-14-12-41(13-15-42)16-19-44-20-23-47(78-60(92)7-2)27-56(44)83-62-54(68)32-72-67(86-62)82-51-31-75-90(39-51)36-43-17-21-45(22-18-43)80-64(94)53-25-24-48(79-61(93)8-3)28-57(53)84-63-55(69)33-71-66(87-63)81-49-29-73-88(5)37-49/h6-15,17-18,20-34,37-39H,1-3,35-36H2,4-5H3,(H,76,85)(H,77,91)(H,78,92)(H,79,93)(H,80,94)(H2,71,81,84,87)(H2,72,82,83,86). The smallest absolute Gasteiger partial charge is 0.257 e. The van der Waals surface area contributed by atoms with Crippen molar-refractivity contribution in [2.24, 2.45) is 7.05 Å². The Kier molecular flexibility index (Phi) is 19.6. The van der Waals surface area contributed by atoms with Crippen LogP contribution in [-0.4, -0.2) is 82.9 Å². The maximum absolute atomic E-state index is 13.9. The van der Waals surface area contributed by atoms with Gasteiger partial charge in [-0.25, -0.2) is 9.97 Å². The number of nitrogens with zero attached hydrogens (tertiary/aromatic N) is 12. The Morgan fingerprint density at radius 1 is 0.526 bits per heavy atom. The molecular formula is C67H55Cl2N21O5. The van der Waals surface area contributed by atoms with E-state index in [9.17, 15) is 19.2 Å². The first-order chi connectivity index (χ1) is 46.0. The number of halogens is 2. The van der Waals surface area contributed by atoms with E-state index in [1.807, 2.05) is 42.6 Å². The van der Waals surface area contributed by atoms with Gasteiger partial charge in [-0.2, -0.15) is 30.2 Å². The fourth-order valence-electron chi connectivity index (χ4n) is 8.98. The van der Waals surface area contributed by atoms with Gasteiger partial charge in [0, 0.05) is 65.6 Å². The molecule has 11 rings (SSSR count). The summed E-state index contributed by atoms with van der Waals surface area (Å²) < 4.78 is 11.2. The molecule has 0 aliphatic rings. The summed E-state index contributed by atoms with van der Waals surface area (Å²) in [6, 6.07) is 31.9. The van der Waals surface area contributed by atoms with Crippen LogP contribution in [0.1, 0.15) is 38.3 Å². The van der Waals surface area contributed by atoms with Crippen LogP contribution in [0.15, 0.2) is 203 Å². The molecule has 0 bridgehead atoms. The van der Waals surface area contributed by atoms with Crippen LogP contribution in [0, 0.1) is 18.8 Å². The third kappa shape index (κ3) is 17.1. The van der Waals surface area contributed by atoms with Crippen LogP contribution in [-0.2, 0) is 34.5 Å². The number of hydrogen-bond donors (Lipinski definition) is 9. The Morgan fingerprint density at radius 2 is 1.06 bits per heavy atom. The van der Waals surface area contributed by atoms with Crippen molar-refractivity contribution in [1.29, 1.82) is 0 Å². The summed E-state index contributed by atoms with van der Waals surface area (Å²) >= 11 is 13.2. The van der Waals surface area contributed by atoms with Gasteiger partial charge in [0.25, 0.3) is 5.91 Å². The number of carbonyl (C=O) groups excluding carboxylic acids is 4. The molecule has 0 unspecified atom stereocenters. The first kappa shape index (κ1) is 63.6. The van der Waals surface area contributed by atoms with Gasteiger partial charge in [0.2, 0.25) is 35.5 Å². The van der Waals surface area contributed by atoms with E-state index >= 15 is 0 Å². The highest BCUT2D eigenvalue weighted by molar-refractivity contribution is 6.33. The largest absolute Gasteiger partial charge is 0.437 e. The zero-order valence-corrected chi connectivity index (χ0v) is 52.0. The van der Waals surface area contributed by atoms with Gasteiger partial charge in [0.15, 0.2) is 17.5 Å². The molecule has 0 spiro atoms. The minimum atomic E-state index is -0.461. The van der Waals surface area contributed by atoms with Gasteiger partial charge >= 0.3 is 0 Å². The summed E-state index contributed by atoms with van der Waals surface area (Å²) in [6.07, 6.45) is 18.3. The number of aryl methyl sites for hydroxylation is 2. The molecule has 0 radical (unpaired) electrons. The monoisotopic (exact) mass is 1300 g/mol. The lowest BCUT2D eigenvalue weighted by atomic mass is 10.1. The number of ether oxygens (including phenoxy) is 1. The maximum Gasteiger partial charge on any atom is 0.257 e. The van der Waals surface area contributed by atoms with Crippen LogP contribution in [0.5, 0.6) is 11.6 Å². The molecule has 0 saturated heterocycles. The number of hydrogen-bond acceptors (Lipinski definition) is 19. The van der Waals surface area contributed by atoms with Crippen LogP contribution in [0.3, 0.4) is 0 Å². The predicted molar refractivity (Wildman–Crippen MR) is 366 cm³/mol. The molecule has 5 aromatic carbocycles. The number of aromatic nitrogens is 12. The lowest BCUT2D eigenvalue weighted by Gasteiger charge is -2.15. The molecule has 11 aromatic rings. The van der Waals surface area contributed by atoms with E-state index < -0.39 is 17.7 Å².